The summed E-state index contributed by atoms with van der Waals surface area (Å²) < 4.78 is 0. The maximum Gasteiger partial charge on any atom is 0.197 e. The summed E-state index contributed by atoms with van der Waals surface area (Å²) in [6.45, 7) is 2.09. The van der Waals surface area contributed by atoms with Crippen molar-refractivity contribution in [2.75, 3.05) is 0 Å². The Balaban J connectivity index is 2.50. The van der Waals surface area contributed by atoms with E-state index in [1.807, 2.05) is 12.2 Å². The highest BCUT2D eigenvalue weighted by Gasteiger charge is 2.12. The fraction of sp³-hybridized carbons (Fsp3) is 0.100. The molecule has 0 saturated heterocycles. The number of allylic oxidation sites excluding steroid dienone is 8. The van der Waals surface area contributed by atoms with E-state index in [4.69, 9.17) is 5.41 Å². The maximum atomic E-state index is 5.63. The van der Waals surface area contributed by atoms with Crippen LogP contribution in [0.2, 0.25) is 0 Å². The van der Waals surface area contributed by atoms with E-state index in [9.17, 15) is 0 Å². The summed E-state index contributed by atoms with van der Waals surface area (Å²) in [7, 11) is 0. The first-order valence-corrected chi connectivity index (χ1v) is 3.68. The lowest BCUT2D eigenvalue weighted by Crippen LogP contribution is -2.37. The maximum absolute atomic E-state index is 5.63. The zero-order chi connectivity index (χ0) is 7.84. The molecule has 2 aliphatic rings. The first-order chi connectivity index (χ1) is 5.25. The fourth-order valence-electron chi connectivity index (χ4n) is 1.38. The van der Waals surface area contributed by atoms with Crippen molar-refractivity contribution in [1.29, 1.82) is 0 Å². The van der Waals surface area contributed by atoms with Crippen LogP contribution in [0.5, 0.6) is 0 Å². The molecule has 0 atom stereocenters. The number of fused-ring (bicyclic) bond motifs is 1. The highest BCUT2D eigenvalue weighted by molar-refractivity contribution is 6.03. The van der Waals surface area contributed by atoms with Gasteiger partial charge in [-0.1, -0.05) is 12.2 Å². The van der Waals surface area contributed by atoms with Crippen molar-refractivity contribution in [3.63, 3.8) is 0 Å². The number of hydrogen-bond donors (Lipinski definition) is 1. The minimum Gasteiger partial charge on any atom is -0.254 e. The molecule has 1 heteroatoms. The molecule has 0 aromatic heterocycles. The van der Waals surface area contributed by atoms with Gasteiger partial charge in [-0.15, -0.1) is 0 Å². The van der Waals surface area contributed by atoms with Crippen molar-refractivity contribution in [1.82, 2.24) is 0 Å². The van der Waals surface area contributed by atoms with Gasteiger partial charge in [0.25, 0.3) is 0 Å². The Morgan fingerprint density at radius 2 is 1.82 bits per heavy atom. The SMILES string of the molecule is CC1=CC2=CC(=[NH2+])C=CC2=C1. The van der Waals surface area contributed by atoms with E-state index < -0.39 is 0 Å². The van der Waals surface area contributed by atoms with Gasteiger partial charge in [0.05, 0.1) is 0 Å². The van der Waals surface area contributed by atoms with E-state index in [-0.39, 0.29) is 0 Å². The van der Waals surface area contributed by atoms with Gasteiger partial charge in [-0.25, -0.2) is 0 Å². The smallest absolute Gasteiger partial charge is 0.197 e. The molecule has 0 heterocycles. The van der Waals surface area contributed by atoms with Crippen LogP contribution < -0.4 is 5.41 Å². The summed E-state index contributed by atoms with van der Waals surface area (Å²) in [5.41, 5.74) is 4.65. The molecular formula is C10H10N+. The van der Waals surface area contributed by atoms with E-state index in [1.165, 1.54) is 16.7 Å². The molecule has 0 fully saturated rings. The molecule has 2 rings (SSSR count). The summed E-state index contributed by atoms with van der Waals surface area (Å²) in [5, 5.41) is 5.63. The van der Waals surface area contributed by atoms with Crippen LogP contribution in [0.4, 0.5) is 0 Å². The topological polar surface area (TPSA) is 25.6 Å². The van der Waals surface area contributed by atoms with Gasteiger partial charge in [0.1, 0.15) is 0 Å². The second-order valence-corrected chi connectivity index (χ2v) is 2.92. The second-order valence-electron chi connectivity index (χ2n) is 2.92. The molecule has 0 aromatic carbocycles. The lowest BCUT2D eigenvalue weighted by molar-refractivity contribution is -0.110. The van der Waals surface area contributed by atoms with Gasteiger partial charge >= 0.3 is 0 Å². The van der Waals surface area contributed by atoms with E-state index in [2.05, 4.69) is 25.2 Å². The van der Waals surface area contributed by atoms with Crippen LogP contribution in [0.25, 0.3) is 0 Å². The molecule has 0 spiro atoms. The molecule has 1 nitrogen and oxygen atoms in total. The Hall–Kier alpha value is -1.37. The van der Waals surface area contributed by atoms with Crippen molar-refractivity contribution in [3.8, 4) is 0 Å². The highest BCUT2D eigenvalue weighted by atomic mass is 14.4. The number of nitrogens with two attached hydrogens (primary N) is 1. The van der Waals surface area contributed by atoms with E-state index >= 15 is 0 Å². The van der Waals surface area contributed by atoms with Crippen molar-refractivity contribution < 1.29 is 5.41 Å². The van der Waals surface area contributed by atoms with Gasteiger partial charge in [-0.2, -0.15) is 0 Å². The largest absolute Gasteiger partial charge is 0.254 e. The lowest BCUT2D eigenvalue weighted by Gasteiger charge is -2.00. The highest BCUT2D eigenvalue weighted by Crippen LogP contribution is 2.26. The first-order valence-electron chi connectivity index (χ1n) is 3.68. The summed E-state index contributed by atoms with van der Waals surface area (Å²) in [5.74, 6) is 0. The van der Waals surface area contributed by atoms with Gasteiger partial charge in [0.2, 0.25) is 0 Å². The van der Waals surface area contributed by atoms with Crippen LogP contribution in [0.1, 0.15) is 6.92 Å². The van der Waals surface area contributed by atoms with Gasteiger partial charge in [-0.05, 0) is 29.7 Å². The molecule has 0 aliphatic heterocycles. The quantitative estimate of drug-likeness (QED) is 0.514. The van der Waals surface area contributed by atoms with Crippen molar-refractivity contribution in [2.24, 2.45) is 0 Å². The zero-order valence-electron chi connectivity index (χ0n) is 6.46. The lowest BCUT2D eigenvalue weighted by atomic mass is 10.0. The summed E-state index contributed by atoms with van der Waals surface area (Å²) in [6, 6.07) is 0. The first kappa shape index (κ1) is 6.35. The molecular weight excluding hydrogens is 134 g/mol. The average molecular weight is 144 g/mol. The molecule has 2 N–H and O–H groups in total. The van der Waals surface area contributed by atoms with E-state index in [1.54, 1.807) is 0 Å². The van der Waals surface area contributed by atoms with Gasteiger partial charge in [0.15, 0.2) is 5.71 Å². The standard InChI is InChI=1S/C10H9N/c1-7-4-8-2-3-10(11)6-9(8)5-7/h2-6,11H,1H3/p+1. The van der Waals surface area contributed by atoms with Gasteiger partial charge in [0, 0.05) is 12.2 Å². The Bertz CT molecular complexity index is 338. The Kier molecular flexibility index (Phi) is 1.19. The summed E-state index contributed by atoms with van der Waals surface area (Å²) >= 11 is 0. The Morgan fingerprint density at radius 3 is 2.64 bits per heavy atom. The predicted octanol–water partition coefficient (Wildman–Crippen LogP) is 0.569. The third-order valence-corrected chi connectivity index (χ3v) is 1.88. The van der Waals surface area contributed by atoms with Gasteiger partial charge < -0.3 is 0 Å². The Morgan fingerprint density at radius 1 is 1.00 bits per heavy atom. The molecule has 0 radical (unpaired) electrons. The van der Waals surface area contributed by atoms with Crippen LogP contribution >= 0.6 is 0 Å². The minimum absolute atomic E-state index is 0.836. The fourth-order valence-corrected chi connectivity index (χ4v) is 1.38. The molecule has 0 amide bonds. The summed E-state index contributed by atoms with van der Waals surface area (Å²) in [4.78, 5) is 0. The van der Waals surface area contributed by atoms with E-state index in [0.717, 1.165) is 5.71 Å². The third kappa shape index (κ3) is 0.984. The van der Waals surface area contributed by atoms with Crippen LogP contribution in [0.15, 0.2) is 47.1 Å². The van der Waals surface area contributed by atoms with Crippen LogP contribution in [0.3, 0.4) is 0 Å². The van der Waals surface area contributed by atoms with Crippen molar-refractivity contribution in [3.05, 3.63) is 47.1 Å². The minimum atomic E-state index is 0.836. The molecule has 0 unspecified atom stereocenters. The van der Waals surface area contributed by atoms with Crippen LogP contribution in [-0.2, 0) is 0 Å². The molecule has 11 heavy (non-hydrogen) atoms. The average Bonchev–Trinajstić information content (AvgIpc) is 2.27. The molecule has 0 aromatic rings. The molecule has 0 saturated carbocycles. The molecule has 0 bridgehead atoms. The normalized spacial score (nSPS) is 20.8. The second kappa shape index (κ2) is 2.06. The zero-order valence-corrected chi connectivity index (χ0v) is 6.46. The molecule has 54 valence electrons. The van der Waals surface area contributed by atoms with Crippen molar-refractivity contribution in [2.45, 2.75) is 6.92 Å². The van der Waals surface area contributed by atoms with E-state index in [0.29, 0.717) is 0 Å². The van der Waals surface area contributed by atoms with Crippen LogP contribution in [-0.4, -0.2) is 5.71 Å². The van der Waals surface area contributed by atoms with Gasteiger partial charge in [-0.3, -0.25) is 5.41 Å². The predicted molar refractivity (Wildman–Crippen MR) is 46.0 cm³/mol. The monoisotopic (exact) mass is 144 g/mol. The number of hydrogen-bond acceptors (Lipinski definition) is 0. The Labute approximate surface area is 65.9 Å². The molecule has 2 aliphatic carbocycles. The van der Waals surface area contributed by atoms with Crippen LogP contribution in [0, 0.1) is 0 Å². The third-order valence-electron chi connectivity index (χ3n) is 1.88. The summed E-state index contributed by atoms with van der Waals surface area (Å²) in [6.07, 6.45) is 10.3. The number of rotatable bonds is 0. The van der Waals surface area contributed by atoms with Crippen molar-refractivity contribution >= 4 is 5.71 Å².